The molecular weight excluding hydrogens is 484 g/mol. The van der Waals surface area contributed by atoms with Crippen molar-refractivity contribution in [1.82, 2.24) is 10.3 Å². The highest BCUT2D eigenvalue weighted by molar-refractivity contribution is 6.39. The lowest BCUT2D eigenvalue weighted by atomic mass is 9.94. The summed E-state index contributed by atoms with van der Waals surface area (Å²) in [6.45, 7) is 3.70. The lowest BCUT2D eigenvalue weighted by molar-refractivity contribution is -0.137. The van der Waals surface area contributed by atoms with Crippen molar-refractivity contribution in [1.29, 1.82) is 0 Å². The van der Waals surface area contributed by atoms with Crippen molar-refractivity contribution in [3.8, 4) is 17.1 Å². The molecule has 0 saturated heterocycles. The van der Waals surface area contributed by atoms with Gasteiger partial charge < -0.3 is 25.1 Å². The number of ether oxygens (including phenoxy) is 1. The summed E-state index contributed by atoms with van der Waals surface area (Å²) in [5.74, 6) is 0.0131. The number of amides is 3. The molecule has 200 valence electrons. The molecule has 1 aliphatic carbocycles. The van der Waals surface area contributed by atoms with Crippen molar-refractivity contribution in [3.63, 3.8) is 0 Å². The van der Waals surface area contributed by atoms with Crippen LogP contribution >= 0.6 is 0 Å². The Morgan fingerprint density at radius 2 is 1.71 bits per heavy atom. The molecule has 1 aliphatic rings. The van der Waals surface area contributed by atoms with Gasteiger partial charge in [-0.05, 0) is 68.9 Å². The van der Waals surface area contributed by atoms with E-state index in [4.69, 9.17) is 9.15 Å². The first-order chi connectivity index (χ1) is 18.2. The van der Waals surface area contributed by atoms with E-state index in [-0.39, 0.29) is 5.91 Å². The summed E-state index contributed by atoms with van der Waals surface area (Å²) in [5, 5.41) is 8.38. The monoisotopic (exact) mass is 518 g/mol. The van der Waals surface area contributed by atoms with Crippen molar-refractivity contribution in [3.05, 3.63) is 60.6 Å². The zero-order valence-electron chi connectivity index (χ0n) is 22.0. The Labute approximate surface area is 222 Å². The average molecular weight is 519 g/mol. The van der Waals surface area contributed by atoms with Gasteiger partial charge in [-0.3, -0.25) is 14.4 Å². The number of anilines is 2. The molecule has 3 aromatic rings. The summed E-state index contributed by atoms with van der Waals surface area (Å²) in [5.41, 5.74) is 2.12. The summed E-state index contributed by atoms with van der Waals surface area (Å²) >= 11 is 0. The van der Waals surface area contributed by atoms with Crippen molar-refractivity contribution >= 4 is 29.1 Å². The number of nitrogens with zero attached hydrogens (tertiary/aromatic N) is 1. The number of benzene rings is 2. The van der Waals surface area contributed by atoms with Gasteiger partial charge >= 0.3 is 11.8 Å². The Bertz CT molecular complexity index is 1260. The van der Waals surface area contributed by atoms with Crippen LogP contribution in [0.2, 0.25) is 0 Å². The summed E-state index contributed by atoms with van der Waals surface area (Å²) in [7, 11) is 1.51. The second kappa shape index (κ2) is 11.9. The van der Waals surface area contributed by atoms with Gasteiger partial charge in [0.2, 0.25) is 5.91 Å². The summed E-state index contributed by atoms with van der Waals surface area (Å²) in [4.78, 5) is 41.4. The van der Waals surface area contributed by atoms with E-state index in [9.17, 15) is 14.4 Å². The highest BCUT2D eigenvalue weighted by Gasteiger charge is 2.25. The maximum absolute atomic E-state index is 12.7. The lowest BCUT2D eigenvalue weighted by Crippen LogP contribution is -2.49. The minimum Gasteiger partial charge on any atom is -0.496 e. The summed E-state index contributed by atoms with van der Waals surface area (Å²) in [6.07, 6.45) is 8.65. The predicted octanol–water partition coefficient (Wildman–Crippen LogP) is 4.95. The van der Waals surface area contributed by atoms with Gasteiger partial charge in [0.1, 0.15) is 5.75 Å². The molecule has 0 radical (unpaired) electrons. The molecule has 9 heteroatoms. The molecule has 38 heavy (non-hydrogen) atoms. The van der Waals surface area contributed by atoms with Gasteiger partial charge in [0.05, 0.1) is 18.9 Å². The molecule has 1 aromatic heterocycles. The number of rotatable bonds is 9. The van der Waals surface area contributed by atoms with Crippen molar-refractivity contribution in [2.75, 3.05) is 17.7 Å². The van der Waals surface area contributed by atoms with Gasteiger partial charge in [0.25, 0.3) is 0 Å². The van der Waals surface area contributed by atoms with Gasteiger partial charge in [-0.2, -0.15) is 0 Å². The highest BCUT2D eigenvalue weighted by Crippen LogP contribution is 2.32. The van der Waals surface area contributed by atoms with Crippen LogP contribution in [0.3, 0.4) is 0 Å². The molecule has 3 amide bonds. The van der Waals surface area contributed by atoms with E-state index >= 15 is 0 Å². The maximum Gasteiger partial charge on any atom is 0.313 e. The Hall–Kier alpha value is -4.14. The average Bonchev–Trinajstić information content (AvgIpc) is 3.59. The molecule has 0 atom stereocenters. The van der Waals surface area contributed by atoms with Crippen LogP contribution in [0.15, 0.2) is 59.5 Å². The fraction of sp³-hybridized carbons (Fsp3) is 0.379. The van der Waals surface area contributed by atoms with Crippen molar-refractivity contribution in [2.24, 2.45) is 5.92 Å². The maximum atomic E-state index is 12.7. The minimum absolute atomic E-state index is 0.0495. The molecule has 3 N–H and O–H groups in total. The number of carbonyl (C=O) groups is 3. The molecule has 0 spiro atoms. The SMILES string of the molecule is COc1cc(NC(=O)C(=O)NC(C)(C)Cc2ccc(NC(=O)CC3CCCC3)cc2)ccc1-c1cnco1. The van der Waals surface area contributed by atoms with E-state index < -0.39 is 17.4 Å². The molecule has 9 nitrogen and oxygen atoms in total. The zero-order valence-corrected chi connectivity index (χ0v) is 22.0. The van der Waals surface area contributed by atoms with Gasteiger partial charge in [-0.1, -0.05) is 25.0 Å². The van der Waals surface area contributed by atoms with Crippen LogP contribution in [0, 0.1) is 5.92 Å². The Kier molecular flexibility index (Phi) is 8.45. The first-order valence-corrected chi connectivity index (χ1v) is 12.8. The van der Waals surface area contributed by atoms with E-state index in [1.807, 2.05) is 38.1 Å². The number of hydrogen-bond donors (Lipinski definition) is 3. The minimum atomic E-state index is -0.784. The quantitative estimate of drug-likeness (QED) is 0.345. The topological polar surface area (TPSA) is 123 Å². The van der Waals surface area contributed by atoms with Crippen molar-refractivity contribution < 1.29 is 23.5 Å². The van der Waals surface area contributed by atoms with Crippen LogP contribution in [0.4, 0.5) is 11.4 Å². The number of carbonyl (C=O) groups excluding carboxylic acids is 3. The van der Waals surface area contributed by atoms with E-state index in [0.717, 1.165) is 24.1 Å². The molecule has 1 fully saturated rings. The van der Waals surface area contributed by atoms with E-state index in [1.165, 1.54) is 26.3 Å². The Balaban J connectivity index is 1.29. The highest BCUT2D eigenvalue weighted by atomic mass is 16.5. The van der Waals surface area contributed by atoms with E-state index in [1.54, 1.807) is 24.4 Å². The molecule has 1 heterocycles. The number of nitrogens with one attached hydrogen (secondary N) is 3. The second-order valence-corrected chi connectivity index (χ2v) is 10.3. The lowest BCUT2D eigenvalue weighted by Gasteiger charge is -2.26. The van der Waals surface area contributed by atoms with Crippen LogP contribution in [0.25, 0.3) is 11.3 Å². The van der Waals surface area contributed by atoms with Crippen LogP contribution in [-0.2, 0) is 20.8 Å². The molecular formula is C29H34N4O5. The number of aromatic nitrogens is 1. The summed E-state index contributed by atoms with van der Waals surface area (Å²) in [6, 6.07) is 12.6. The first kappa shape index (κ1) is 26.9. The number of hydrogen-bond acceptors (Lipinski definition) is 6. The van der Waals surface area contributed by atoms with Gasteiger partial charge in [0.15, 0.2) is 12.2 Å². The summed E-state index contributed by atoms with van der Waals surface area (Å²) < 4.78 is 10.7. The second-order valence-electron chi connectivity index (χ2n) is 10.3. The van der Waals surface area contributed by atoms with Crippen LogP contribution < -0.4 is 20.7 Å². The van der Waals surface area contributed by atoms with E-state index in [2.05, 4.69) is 20.9 Å². The van der Waals surface area contributed by atoms with E-state index in [0.29, 0.717) is 41.5 Å². The van der Waals surface area contributed by atoms with Crippen LogP contribution in [-0.4, -0.2) is 35.4 Å². The molecule has 1 saturated carbocycles. The molecule has 0 unspecified atom stereocenters. The fourth-order valence-electron chi connectivity index (χ4n) is 4.82. The standard InChI is InChI=1S/C29H34N4O5/c1-29(2,16-20-8-10-21(11-9-20)31-26(34)14-19-6-4-5-7-19)33-28(36)27(35)32-22-12-13-23(24(15-22)37-3)25-17-30-18-38-25/h8-13,15,17-19H,4-7,14,16H2,1-3H3,(H,31,34)(H,32,35)(H,33,36). The zero-order chi connectivity index (χ0) is 27.1. The van der Waals surface area contributed by atoms with Gasteiger partial charge in [-0.15, -0.1) is 0 Å². The predicted molar refractivity (Wildman–Crippen MR) is 145 cm³/mol. The smallest absolute Gasteiger partial charge is 0.313 e. The van der Waals surface area contributed by atoms with Gasteiger partial charge in [-0.25, -0.2) is 4.98 Å². The molecule has 2 aromatic carbocycles. The fourth-order valence-corrected chi connectivity index (χ4v) is 4.82. The van der Waals surface area contributed by atoms with Crippen LogP contribution in [0.5, 0.6) is 5.75 Å². The number of oxazole rings is 1. The van der Waals surface area contributed by atoms with Crippen molar-refractivity contribution in [2.45, 2.75) is 57.9 Å². The number of methoxy groups -OCH3 is 1. The molecule has 4 rings (SSSR count). The normalized spacial score (nSPS) is 13.7. The first-order valence-electron chi connectivity index (χ1n) is 12.8. The molecule has 0 bridgehead atoms. The third kappa shape index (κ3) is 7.21. The Morgan fingerprint density at radius 3 is 2.37 bits per heavy atom. The van der Waals surface area contributed by atoms with Gasteiger partial charge in [0, 0.05) is 29.4 Å². The Morgan fingerprint density at radius 1 is 1.00 bits per heavy atom. The third-order valence-electron chi connectivity index (χ3n) is 6.65. The molecule has 0 aliphatic heterocycles. The van der Waals surface area contributed by atoms with Crippen LogP contribution in [0.1, 0.15) is 51.5 Å². The largest absolute Gasteiger partial charge is 0.496 e. The third-order valence-corrected chi connectivity index (χ3v) is 6.65.